The van der Waals surface area contributed by atoms with Gasteiger partial charge in [0, 0.05) is 13.0 Å². The summed E-state index contributed by atoms with van der Waals surface area (Å²) in [4.78, 5) is 25.3. The topological polar surface area (TPSA) is 46.6 Å². The molecule has 1 atom stereocenters. The average molecular weight is 356 g/mol. The lowest BCUT2D eigenvalue weighted by Crippen LogP contribution is -2.35. The number of alkyl halides is 1. The molecule has 21 heavy (non-hydrogen) atoms. The van der Waals surface area contributed by atoms with Crippen molar-refractivity contribution in [1.82, 2.24) is 4.90 Å². The van der Waals surface area contributed by atoms with Crippen LogP contribution in [0.5, 0.6) is 0 Å². The molecule has 1 rings (SSSR count). The van der Waals surface area contributed by atoms with Gasteiger partial charge in [-0.1, -0.05) is 46.3 Å². The molecule has 0 unspecified atom stereocenters. The van der Waals surface area contributed by atoms with E-state index in [0.29, 0.717) is 26.0 Å². The molecule has 0 N–H and O–H groups in total. The maximum atomic E-state index is 12.1. The van der Waals surface area contributed by atoms with Crippen LogP contribution in [0.4, 0.5) is 0 Å². The van der Waals surface area contributed by atoms with Crippen LogP contribution in [-0.4, -0.2) is 35.3 Å². The number of benzene rings is 1. The lowest BCUT2D eigenvalue weighted by atomic mass is 10.1. The molecular weight excluding hydrogens is 334 g/mol. The number of carbonyl (C=O) groups is 2. The van der Waals surface area contributed by atoms with Crippen LogP contribution in [0.1, 0.15) is 38.3 Å². The summed E-state index contributed by atoms with van der Waals surface area (Å²) in [5, 5.41) is 0.281. The van der Waals surface area contributed by atoms with Crippen LogP contribution in [0.3, 0.4) is 0 Å². The van der Waals surface area contributed by atoms with Gasteiger partial charge in [0.2, 0.25) is 5.91 Å². The summed E-state index contributed by atoms with van der Waals surface area (Å²) in [7, 11) is 0. The Kier molecular flexibility index (Phi) is 8.05. The second kappa shape index (κ2) is 9.55. The normalized spacial score (nSPS) is 11.8. The Morgan fingerprint density at radius 1 is 1.29 bits per heavy atom. The summed E-state index contributed by atoms with van der Waals surface area (Å²) in [5.74, 6) is -0.189. The summed E-state index contributed by atoms with van der Waals surface area (Å²) in [6, 6.07) is 9.86. The maximum absolute atomic E-state index is 12.1. The zero-order chi connectivity index (χ0) is 15.7. The summed E-state index contributed by atoms with van der Waals surface area (Å²) in [6.07, 6.45) is 0.941. The number of esters is 1. The SMILES string of the molecule is CCOC(=O)CCCN(C(=O)CBr)[C@H](C)c1ccccc1. The first kappa shape index (κ1) is 17.7. The van der Waals surface area contributed by atoms with Crippen LogP contribution in [0.2, 0.25) is 0 Å². The van der Waals surface area contributed by atoms with E-state index in [9.17, 15) is 9.59 Å². The standard InChI is InChI=1S/C16H22BrNO3/c1-3-21-16(20)10-7-11-18(15(19)12-17)13(2)14-8-5-4-6-9-14/h4-6,8-9,13H,3,7,10-12H2,1-2H3/t13-/m1/s1. The van der Waals surface area contributed by atoms with Crippen molar-refractivity contribution in [3.63, 3.8) is 0 Å². The van der Waals surface area contributed by atoms with Crippen LogP contribution in [-0.2, 0) is 14.3 Å². The molecule has 0 radical (unpaired) electrons. The molecule has 1 amide bonds. The molecule has 0 aliphatic carbocycles. The van der Waals surface area contributed by atoms with Crippen molar-refractivity contribution in [2.45, 2.75) is 32.7 Å². The molecule has 0 bridgehead atoms. The average Bonchev–Trinajstić information content (AvgIpc) is 2.51. The van der Waals surface area contributed by atoms with E-state index < -0.39 is 0 Å². The van der Waals surface area contributed by atoms with E-state index in [0.717, 1.165) is 5.56 Å². The predicted molar refractivity (Wildman–Crippen MR) is 86.2 cm³/mol. The van der Waals surface area contributed by atoms with Crippen molar-refractivity contribution in [3.8, 4) is 0 Å². The highest BCUT2D eigenvalue weighted by Gasteiger charge is 2.20. The number of rotatable bonds is 8. The summed E-state index contributed by atoms with van der Waals surface area (Å²) in [6.45, 7) is 4.72. The fraction of sp³-hybridized carbons (Fsp3) is 0.500. The maximum Gasteiger partial charge on any atom is 0.305 e. The first-order valence-electron chi connectivity index (χ1n) is 7.16. The van der Waals surface area contributed by atoms with Gasteiger partial charge in [0.05, 0.1) is 18.0 Å². The molecule has 0 fully saturated rings. The number of carbonyl (C=O) groups excluding carboxylic acids is 2. The highest BCUT2D eigenvalue weighted by molar-refractivity contribution is 9.09. The number of hydrogen-bond acceptors (Lipinski definition) is 3. The molecule has 0 aliphatic rings. The minimum Gasteiger partial charge on any atom is -0.466 e. The fourth-order valence-electron chi connectivity index (χ4n) is 2.15. The molecule has 0 aliphatic heterocycles. The van der Waals surface area contributed by atoms with Crippen molar-refractivity contribution in [2.24, 2.45) is 0 Å². The highest BCUT2D eigenvalue weighted by Crippen LogP contribution is 2.21. The van der Waals surface area contributed by atoms with Gasteiger partial charge in [-0.05, 0) is 25.8 Å². The zero-order valence-corrected chi connectivity index (χ0v) is 14.1. The summed E-state index contributed by atoms with van der Waals surface area (Å²) < 4.78 is 4.90. The number of hydrogen-bond donors (Lipinski definition) is 0. The van der Waals surface area contributed by atoms with E-state index in [1.165, 1.54) is 0 Å². The van der Waals surface area contributed by atoms with Gasteiger partial charge >= 0.3 is 5.97 Å². The zero-order valence-electron chi connectivity index (χ0n) is 12.5. The van der Waals surface area contributed by atoms with Crippen LogP contribution in [0.25, 0.3) is 0 Å². The monoisotopic (exact) mass is 355 g/mol. The van der Waals surface area contributed by atoms with E-state index >= 15 is 0 Å². The first-order valence-corrected chi connectivity index (χ1v) is 8.28. The van der Waals surface area contributed by atoms with Crippen LogP contribution in [0, 0.1) is 0 Å². The van der Waals surface area contributed by atoms with Crippen LogP contribution < -0.4 is 0 Å². The third-order valence-corrected chi connectivity index (χ3v) is 3.75. The van der Waals surface area contributed by atoms with Gasteiger partial charge in [-0.25, -0.2) is 0 Å². The van der Waals surface area contributed by atoms with Crippen molar-refractivity contribution in [1.29, 1.82) is 0 Å². The molecule has 116 valence electrons. The fourth-order valence-corrected chi connectivity index (χ4v) is 2.47. The minimum absolute atomic E-state index is 0.0153. The van der Waals surface area contributed by atoms with Crippen molar-refractivity contribution in [3.05, 3.63) is 35.9 Å². The van der Waals surface area contributed by atoms with Gasteiger partial charge in [-0.2, -0.15) is 0 Å². The lowest BCUT2D eigenvalue weighted by Gasteiger charge is -2.29. The third-order valence-electron chi connectivity index (χ3n) is 3.27. The van der Waals surface area contributed by atoms with Gasteiger partial charge in [-0.3, -0.25) is 9.59 Å². The Balaban J connectivity index is 2.64. The van der Waals surface area contributed by atoms with E-state index in [4.69, 9.17) is 4.74 Å². The number of amides is 1. The molecule has 0 saturated heterocycles. The first-order chi connectivity index (χ1) is 10.1. The van der Waals surface area contributed by atoms with E-state index in [1.807, 2.05) is 37.3 Å². The van der Waals surface area contributed by atoms with Gasteiger partial charge in [-0.15, -0.1) is 0 Å². The van der Waals surface area contributed by atoms with Gasteiger partial charge < -0.3 is 9.64 Å². The van der Waals surface area contributed by atoms with Gasteiger partial charge in [0.1, 0.15) is 0 Å². The minimum atomic E-state index is -0.212. The van der Waals surface area contributed by atoms with E-state index in [1.54, 1.807) is 11.8 Å². The Hall–Kier alpha value is -1.36. The second-order valence-corrected chi connectivity index (χ2v) is 5.28. The summed E-state index contributed by atoms with van der Waals surface area (Å²) >= 11 is 3.22. The van der Waals surface area contributed by atoms with Crippen molar-refractivity contribution < 1.29 is 14.3 Å². The largest absolute Gasteiger partial charge is 0.466 e. The molecule has 1 aromatic carbocycles. The smallest absolute Gasteiger partial charge is 0.305 e. The third kappa shape index (κ3) is 5.87. The Morgan fingerprint density at radius 3 is 2.52 bits per heavy atom. The van der Waals surface area contributed by atoms with Crippen molar-refractivity contribution in [2.75, 3.05) is 18.5 Å². The number of halogens is 1. The van der Waals surface area contributed by atoms with Crippen molar-refractivity contribution >= 4 is 27.8 Å². The molecule has 0 aromatic heterocycles. The Labute approximate surface area is 134 Å². The second-order valence-electron chi connectivity index (χ2n) is 4.72. The van der Waals surface area contributed by atoms with E-state index in [2.05, 4.69) is 15.9 Å². The van der Waals surface area contributed by atoms with Gasteiger partial charge in [0.25, 0.3) is 0 Å². The summed E-state index contributed by atoms with van der Waals surface area (Å²) in [5.41, 5.74) is 1.09. The molecule has 0 spiro atoms. The van der Waals surface area contributed by atoms with E-state index in [-0.39, 0.29) is 23.2 Å². The number of ether oxygens (including phenoxy) is 1. The molecule has 1 aromatic rings. The molecular formula is C16H22BrNO3. The highest BCUT2D eigenvalue weighted by atomic mass is 79.9. The molecule has 0 saturated carbocycles. The molecule has 5 heteroatoms. The predicted octanol–water partition coefficient (Wildman–Crippen LogP) is 3.31. The Morgan fingerprint density at radius 2 is 1.95 bits per heavy atom. The molecule has 0 heterocycles. The number of nitrogens with zero attached hydrogens (tertiary/aromatic N) is 1. The van der Waals surface area contributed by atoms with Gasteiger partial charge in [0.15, 0.2) is 0 Å². The molecule has 4 nitrogen and oxygen atoms in total. The quantitative estimate of drug-likeness (QED) is 0.530. The lowest BCUT2D eigenvalue weighted by molar-refractivity contribution is -0.143. The Bertz CT molecular complexity index is 450. The van der Waals surface area contributed by atoms with Crippen LogP contribution in [0.15, 0.2) is 30.3 Å². The van der Waals surface area contributed by atoms with Crippen LogP contribution >= 0.6 is 15.9 Å².